The third-order valence-electron chi connectivity index (χ3n) is 2.01. The number of benzene rings is 2. The van der Waals surface area contributed by atoms with Gasteiger partial charge in [0.25, 0.3) is 0 Å². The molecule has 0 unspecified atom stereocenters. The van der Waals surface area contributed by atoms with E-state index in [-0.39, 0.29) is 70.3 Å². The molecule has 0 spiro atoms. The zero-order valence-electron chi connectivity index (χ0n) is 8.54. The van der Waals surface area contributed by atoms with E-state index in [0.29, 0.717) is 0 Å². The smallest absolute Gasteiger partial charge is 1.00 e. The van der Waals surface area contributed by atoms with Crippen molar-refractivity contribution < 1.29 is 70.3 Å². The summed E-state index contributed by atoms with van der Waals surface area (Å²) in [5, 5.41) is 2.68. The molecule has 0 saturated heterocycles. The van der Waals surface area contributed by atoms with Crippen LogP contribution in [0.3, 0.4) is 0 Å². The van der Waals surface area contributed by atoms with Crippen LogP contribution in [-0.2, 0) is 0 Å². The minimum Gasteiger partial charge on any atom is -1.00 e. The van der Waals surface area contributed by atoms with E-state index in [0.717, 1.165) is 0 Å². The van der Waals surface area contributed by atoms with Gasteiger partial charge in [-0.25, -0.2) is 0 Å². The van der Waals surface area contributed by atoms with Crippen LogP contribution >= 0.6 is 0 Å². The van der Waals surface area contributed by atoms with Crippen molar-refractivity contribution in [2.75, 3.05) is 0 Å². The minimum absolute atomic E-state index is 0. The Morgan fingerprint density at radius 3 is 2.33 bits per heavy atom. The quantitative estimate of drug-likeness (QED) is 0.648. The first kappa shape index (κ1) is 10.8. The van der Waals surface area contributed by atoms with Gasteiger partial charge < -0.3 is 1.43 Å². The molecular formula is C11H11Cs. The third kappa shape index (κ3) is 2.16. The normalized spacial score (nSPS) is 9.42. The molecule has 0 aliphatic rings. The van der Waals surface area contributed by atoms with Crippen molar-refractivity contribution in [2.24, 2.45) is 0 Å². The van der Waals surface area contributed by atoms with Crippen molar-refractivity contribution in [1.29, 1.82) is 0 Å². The molecule has 0 fully saturated rings. The summed E-state index contributed by atoms with van der Waals surface area (Å²) in [5.74, 6) is 0. The first-order valence-electron chi connectivity index (χ1n) is 3.82. The second-order valence-corrected chi connectivity index (χ2v) is 2.80. The van der Waals surface area contributed by atoms with Gasteiger partial charge in [0.05, 0.1) is 0 Å². The Balaban J connectivity index is 0.000000720. The molecule has 0 nitrogen and oxygen atoms in total. The Morgan fingerprint density at radius 2 is 1.58 bits per heavy atom. The first-order valence-corrected chi connectivity index (χ1v) is 3.82. The molecule has 12 heavy (non-hydrogen) atoms. The van der Waals surface area contributed by atoms with E-state index in [9.17, 15) is 0 Å². The van der Waals surface area contributed by atoms with Crippen LogP contribution in [0.15, 0.2) is 42.5 Å². The summed E-state index contributed by atoms with van der Waals surface area (Å²) in [7, 11) is 0. The van der Waals surface area contributed by atoms with Crippen LogP contribution in [-0.4, -0.2) is 0 Å². The average molecular weight is 276 g/mol. The fraction of sp³-hybridized carbons (Fsp3) is 0.0909. The van der Waals surface area contributed by atoms with Gasteiger partial charge >= 0.3 is 68.9 Å². The average Bonchev–Trinajstić information content (AvgIpc) is 2.06. The number of hydrogen-bond acceptors (Lipinski definition) is 0. The van der Waals surface area contributed by atoms with Crippen LogP contribution in [0.2, 0.25) is 0 Å². The third-order valence-corrected chi connectivity index (χ3v) is 2.01. The molecule has 2 rings (SSSR count). The van der Waals surface area contributed by atoms with E-state index in [1.807, 2.05) is 0 Å². The minimum atomic E-state index is 0. The molecule has 0 N–H and O–H groups in total. The predicted molar refractivity (Wildman–Crippen MR) is 49.8 cm³/mol. The summed E-state index contributed by atoms with van der Waals surface area (Å²) in [5.41, 5.74) is 1.35. The molecule has 0 saturated carbocycles. The Bertz CT molecular complexity index is 379. The van der Waals surface area contributed by atoms with Gasteiger partial charge in [-0.1, -0.05) is 42.5 Å². The Hall–Kier alpha value is 0.752. The van der Waals surface area contributed by atoms with Crippen LogP contribution in [0.25, 0.3) is 10.8 Å². The molecule has 0 amide bonds. The van der Waals surface area contributed by atoms with Gasteiger partial charge in [0.1, 0.15) is 0 Å². The van der Waals surface area contributed by atoms with Crippen LogP contribution < -0.4 is 68.9 Å². The molecule has 1 heteroatoms. The number of hydrogen-bond donors (Lipinski definition) is 0. The van der Waals surface area contributed by atoms with E-state index in [4.69, 9.17) is 0 Å². The molecule has 2 aromatic rings. The monoisotopic (exact) mass is 276 g/mol. The van der Waals surface area contributed by atoms with Crippen molar-refractivity contribution in [3.8, 4) is 0 Å². The van der Waals surface area contributed by atoms with Gasteiger partial charge in [-0.05, 0) is 23.3 Å². The van der Waals surface area contributed by atoms with Gasteiger partial charge in [0, 0.05) is 0 Å². The van der Waals surface area contributed by atoms with E-state index in [2.05, 4.69) is 49.4 Å². The molecule has 0 aromatic heterocycles. The van der Waals surface area contributed by atoms with Gasteiger partial charge in [0.2, 0.25) is 0 Å². The Morgan fingerprint density at radius 1 is 0.917 bits per heavy atom. The summed E-state index contributed by atoms with van der Waals surface area (Å²) >= 11 is 0. The summed E-state index contributed by atoms with van der Waals surface area (Å²) in [6.07, 6.45) is 0. The molecule has 2 aromatic carbocycles. The molecular weight excluding hydrogens is 265 g/mol. The van der Waals surface area contributed by atoms with Gasteiger partial charge in [-0.15, -0.1) is 0 Å². The predicted octanol–water partition coefficient (Wildman–Crippen LogP) is 0.265. The molecule has 0 bridgehead atoms. The molecule has 56 valence electrons. The molecule has 0 heterocycles. The van der Waals surface area contributed by atoms with Crippen molar-refractivity contribution in [1.82, 2.24) is 0 Å². The first-order chi connectivity index (χ1) is 5.38. The number of aryl methyl sites for hydroxylation is 1. The zero-order chi connectivity index (χ0) is 7.68. The van der Waals surface area contributed by atoms with Crippen LogP contribution in [0.5, 0.6) is 0 Å². The van der Waals surface area contributed by atoms with E-state index < -0.39 is 0 Å². The topological polar surface area (TPSA) is 0 Å². The molecule has 0 aliphatic heterocycles. The van der Waals surface area contributed by atoms with Crippen LogP contribution in [0.4, 0.5) is 0 Å². The Kier molecular flexibility index (Phi) is 4.37. The SMILES string of the molecule is Cc1cccc2ccccc12.[Cs+].[H-]. The summed E-state index contributed by atoms with van der Waals surface area (Å²) in [4.78, 5) is 0. The maximum absolute atomic E-state index is 2.16. The van der Waals surface area contributed by atoms with Gasteiger partial charge in [-0.3, -0.25) is 0 Å². The standard InChI is InChI=1S/C11H10.Cs.H/c1-9-5-4-7-10-6-2-3-8-11(9)10;;/h2-8H,1H3;;/q;+1;-1. The largest absolute Gasteiger partial charge is 1.00 e. The maximum Gasteiger partial charge on any atom is 1.00 e. The van der Waals surface area contributed by atoms with Gasteiger partial charge in [-0.2, -0.15) is 0 Å². The molecule has 0 radical (unpaired) electrons. The zero-order valence-corrected chi connectivity index (χ0v) is 13.8. The van der Waals surface area contributed by atoms with E-state index >= 15 is 0 Å². The van der Waals surface area contributed by atoms with Crippen molar-refractivity contribution in [2.45, 2.75) is 6.92 Å². The number of rotatable bonds is 0. The van der Waals surface area contributed by atoms with Crippen molar-refractivity contribution in [3.05, 3.63) is 48.0 Å². The summed E-state index contributed by atoms with van der Waals surface area (Å²) in [6.45, 7) is 2.14. The van der Waals surface area contributed by atoms with E-state index in [1.165, 1.54) is 16.3 Å². The summed E-state index contributed by atoms with van der Waals surface area (Å²) < 4.78 is 0. The van der Waals surface area contributed by atoms with Crippen molar-refractivity contribution >= 4 is 10.8 Å². The number of fused-ring (bicyclic) bond motifs is 1. The fourth-order valence-electron chi connectivity index (χ4n) is 1.39. The molecule has 0 aliphatic carbocycles. The Labute approximate surface area is 133 Å². The maximum atomic E-state index is 2.16. The van der Waals surface area contributed by atoms with Crippen LogP contribution in [0, 0.1) is 6.92 Å². The van der Waals surface area contributed by atoms with Gasteiger partial charge in [0.15, 0.2) is 0 Å². The summed E-state index contributed by atoms with van der Waals surface area (Å²) in [6, 6.07) is 14.8. The molecule has 0 atom stereocenters. The van der Waals surface area contributed by atoms with E-state index in [1.54, 1.807) is 0 Å². The van der Waals surface area contributed by atoms with Crippen molar-refractivity contribution in [3.63, 3.8) is 0 Å². The fourth-order valence-corrected chi connectivity index (χ4v) is 1.39. The second-order valence-electron chi connectivity index (χ2n) is 2.80. The van der Waals surface area contributed by atoms with Crippen LogP contribution in [0.1, 0.15) is 6.99 Å². The second kappa shape index (κ2) is 4.84.